The summed E-state index contributed by atoms with van der Waals surface area (Å²) in [4.78, 5) is 10.3. The number of hydrogen-bond donors (Lipinski definition) is 1. The molecule has 0 aromatic heterocycles. The first-order valence-corrected chi connectivity index (χ1v) is 4.90. The molecule has 0 unspecified atom stereocenters. The second-order valence-corrected chi connectivity index (χ2v) is 4.67. The fourth-order valence-corrected chi connectivity index (χ4v) is 1.38. The molecule has 0 amide bonds. The van der Waals surface area contributed by atoms with Gasteiger partial charge in [0.25, 0.3) is 5.69 Å². The Labute approximate surface area is 93.4 Å². The Morgan fingerprint density at radius 2 is 2.00 bits per heavy atom. The van der Waals surface area contributed by atoms with Crippen molar-refractivity contribution in [3.05, 3.63) is 33.3 Å². The van der Waals surface area contributed by atoms with Crippen LogP contribution in [0.3, 0.4) is 0 Å². The molecule has 1 aromatic rings. The molecule has 1 N–H and O–H groups in total. The summed E-state index contributed by atoms with van der Waals surface area (Å²) in [6, 6.07) is 4.62. The van der Waals surface area contributed by atoms with E-state index in [2.05, 4.69) is 5.32 Å². The van der Waals surface area contributed by atoms with E-state index in [9.17, 15) is 10.1 Å². The standard InChI is InChI=1S/C10H13ClN2O2/c1-10(2,3)12-9-7(11)5-4-6-8(9)13(14)15/h4-6,12H,1-3H3. The molecule has 82 valence electrons. The van der Waals surface area contributed by atoms with Gasteiger partial charge >= 0.3 is 0 Å². The molecule has 0 radical (unpaired) electrons. The molecule has 0 bridgehead atoms. The molecule has 0 aliphatic heterocycles. The highest BCUT2D eigenvalue weighted by Crippen LogP contribution is 2.33. The molecule has 15 heavy (non-hydrogen) atoms. The normalized spacial score (nSPS) is 11.2. The Morgan fingerprint density at radius 3 is 2.47 bits per heavy atom. The van der Waals surface area contributed by atoms with Gasteiger partial charge in [0.05, 0.1) is 9.95 Å². The van der Waals surface area contributed by atoms with Gasteiger partial charge in [-0.2, -0.15) is 0 Å². The number of rotatable bonds is 2. The van der Waals surface area contributed by atoms with E-state index >= 15 is 0 Å². The van der Waals surface area contributed by atoms with Crippen molar-refractivity contribution in [1.82, 2.24) is 0 Å². The van der Waals surface area contributed by atoms with Crippen molar-refractivity contribution in [3.63, 3.8) is 0 Å². The fourth-order valence-electron chi connectivity index (χ4n) is 1.16. The molecule has 0 heterocycles. The number of nitro benzene ring substituents is 1. The fraction of sp³-hybridized carbons (Fsp3) is 0.400. The molecule has 0 spiro atoms. The van der Waals surface area contributed by atoms with Gasteiger partial charge in [0.2, 0.25) is 0 Å². The third-order valence-electron chi connectivity index (χ3n) is 1.69. The van der Waals surface area contributed by atoms with E-state index < -0.39 is 4.92 Å². The monoisotopic (exact) mass is 228 g/mol. The van der Waals surface area contributed by atoms with Crippen LogP contribution in [0.25, 0.3) is 0 Å². The van der Waals surface area contributed by atoms with Gasteiger partial charge in [-0.25, -0.2) is 0 Å². The SMILES string of the molecule is CC(C)(C)Nc1c(Cl)cccc1[N+](=O)[O-]. The van der Waals surface area contributed by atoms with Crippen LogP contribution < -0.4 is 5.32 Å². The summed E-state index contributed by atoms with van der Waals surface area (Å²) in [5, 5.41) is 14.2. The first kappa shape index (κ1) is 11.8. The van der Waals surface area contributed by atoms with Gasteiger partial charge < -0.3 is 5.32 Å². The largest absolute Gasteiger partial charge is 0.374 e. The highest BCUT2D eigenvalue weighted by molar-refractivity contribution is 6.33. The summed E-state index contributed by atoms with van der Waals surface area (Å²) < 4.78 is 0. The molecular formula is C10H13ClN2O2. The Hall–Kier alpha value is -1.29. The van der Waals surface area contributed by atoms with E-state index in [1.165, 1.54) is 6.07 Å². The third kappa shape index (κ3) is 3.09. The zero-order valence-corrected chi connectivity index (χ0v) is 9.63. The summed E-state index contributed by atoms with van der Waals surface area (Å²) in [5.41, 5.74) is 0.101. The minimum atomic E-state index is -0.444. The predicted octanol–water partition coefficient (Wildman–Crippen LogP) is 3.46. The van der Waals surface area contributed by atoms with Crippen LogP contribution in [0.15, 0.2) is 18.2 Å². The van der Waals surface area contributed by atoms with Crippen molar-refractivity contribution in [3.8, 4) is 0 Å². The number of halogens is 1. The molecule has 0 aliphatic carbocycles. The molecule has 0 saturated heterocycles. The lowest BCUT2D eigenvalue weighted by Crippen LogP contribution is -2.26. The van der Waals surface area contributed by atoms with Crippen LogP contribution in [0.1, 0.15) is 20.8 Å². The molecule has 1 aromatic carbocycles. The average Bonchev–Trinajstić information content (AvgIpc) is 2.05. The third-order valence-corrected chi connectivity index (χ3v) is 2.00. The van der Waals surface area contributed by atoms with Gasteiger partial charge in [0.15, 0.2) is 0 Å². The van der Waals surface area contributed by atoms with Gasteiger partial charge in [0, 0.05) is 11.6 Å². The van der Waals surface area contributed by atoms with Gasteiger partial charge in [-0.15, -0.1) is 0 Å². The van der Waals surface area contributed by atoms with Gasteiger partial charge in [-0.05, 0) is 26.8 Å². The highest BCUT2D eigenvalue weighted by atomic mass is 35.5. The van der Waals surface area contributed by atoms with Crippen molar-refractivity contribution in [2.24, 2.45) is 0 Å². The summed E-state index contributed by atoms with van der Waals surface area (Å²) in [6.45, 7) is 5.75. The quantitative estimate of drug-likeness (QED) is 0.623. The minimum absolute atomic E-state index is 0.00238. The van der Waals surface area contributed by atoms with Crippen LogP contribution in [0.5, 0.6) is 0 Å². The molecule has 0 aliphatic rings. The number of nitrogens with one attached hydrogen (secondary N) is 1. The van der Waals surface area contributed by atoms with Crippen LogP contribution >= 0.6 is 11.6 Å². The maximum Gasteiger partial charge on any atom is 0.293 e. The Balaban J connectivity index is 3.19. The average molecular weight is 229 g/mol. The molecule has 5 heteroatoms. The first-order chi connectivity index (χ1) is 6.81. The van der Waals surface area contributed by atoms with E-state index in [0.29, 0.717) is 10.7 Å². The number of nitro groups is 1. The van der Waals surface area contributed by atoms with Crippen molar-refractivity contribution in [1.29, 1.82) is 0 Å². The number of nitrogens with zero attached hydrogens (tertiary/aromatic N) is 1. The lowest BCUT2D eigenvalue weighted by Gasteiger charge is -2.22. The van der Waals surface area contributed by atoms with Crippen molar-refractivity contribution in [2.75, 3.05) is 5.32 Å². The van der Waals surface area contributed by atoms with E-state index in [-0.39, 0.29) is 11.2 Å². The summed E-state index contributed by atoms with van der Waals surface area (Å²) in [7, 11) is 0. The summed E-state index contributed by atoms with van der Waals surface area (Å²) in [6.07, 6.45) is 0. The predicted molar refractivity (Wildman–Crippen MR) is 61.5 cm³/mol. The summed E-state index contributed by atoms with van der Waals surface area (Å²) in [5.74, 6) is 0. The van der Waals surface area contributed by atoms with Gasteiger partial charge in [0.1, 0.15) is 5.69 Å². The highest BCUT2D eigenvalue weighted by Gasteiger charge is 2.20. The Kier molecular flexibility index (Phi) is 3.19. The lowest BCUT2D eigenvalue weighted by atomic mass is 10.1. The van der Waals surface area contributed by atoms with Gasteiger partial charge in [-0.3, -0.25) is 10.1 Å². The Bertz CT molecular complexity index is 385. The maximum absolute atomic E-state index is 10.8. The topological polar surface area (TPSA) is 55.2 Å². The zero-order valence-electron chi connectivity index (χ0n) is 8.87. The van der Waals surface area contributed by atoms with Crippen LogP contribution in [0.2, 0.25) is 5.02 Å². The number of anilines is 1. The van der Waals surface area contributed by atoms with E-state index in [0.717, 1.165) is 0 Å². The number of benzene rings is 1. The molecule has 0 atom stereocenters. The molecule has 0 fully saturated rings. The van der Waals surface area contributed by atoms with Crippen LogP contribution in [0, 0.1) is 10.1 Å². The molecule has 4 nitrogen and oxygen atoms in total. The van der Waals surface area contributed by atoms with Crippen molar-refractivity contribution in [2.45, 2.75) is 26.3 Å². The van der Waals surface area contributed by atoms with Crippen LogP contribution in [-0.4, -0.2) is 10.5 Å². The molecular weight excluding hydrogens is 216 g/mol. The number of hydrogen-bond acceptors (Lipinski definition) is 3. The molecule has 1 rings (SSSR count). The van der Waals surface area contributed by atoms with Crippen LogP contribution in [-0.2, 0) is 0 Å². The van der Waals surface area contributed by atoms with Crippen molar-refractivity contribution < 1.29 is 4.92 Å². The molecule has 0 saturated carbocycles. The second kappa shape index (κ2) is 4.06. The Morgan fingerprint density at radius 1 is 1.40 bits per heavy atom. The smallest absolute Gasteiger partial charge is 0.293 e. The zero-order chi connectivity index (χ0) is 11.6. The maximum atomic E-state index is 10.8. The summed E-state index contributed by atoms with van der Waals surface area (Å²) >= 11 is 5.91. The van der Waals surface area contributed by atoms with Crippen LogP contribution in [0.4, 0.5) is 11.4 Å². The van der Waals surface area contributed by atoms with Gasteiger partial charge in [-0.1, -0.05) is 17.7 Å². The number of para-hydroxylation sites is 1. The second-order valence-electron chi connectivity index (χ2n) is 4.27. The van der Waals surface area contributed by atoms with E-state index in [1.807, 2.05) is 20.8 Å². The van der Waals surface area contributed by atoms with E-state index in [4.69, 9.17) is 11.6 Å². The van der Waals surface area contributed by atoms with E-state index in [1.54, 1.807) is 12.1 Å². The lowest BCUT2D eigenvalue weighted by molar-refractivity contribution is -0.384. The first-order valence-electron chi connectivity index (χ1n) is 4.52. The minimum Gasteiger partial charge on any atom is -0.374 e. The van der Waals surface area contributed by atoms with Crippen molar-refractivity contribution >= 4 is 23.0 Å².